The highest BCUT2D eigenvalue weighted by molar-refractivity contribution is 5.85. The molecule has 0 amide bonds. The zero-order valence-electron chi connectivity index (χ0n) is 21.9. The maximum Gasteiger partial charge on any atom is 0.330 e. The van der Waals surface area contributed by atoms with Gasteiger partial charge in [0.15, 0.2) is 11.5 Å². The van der Waals surface area contributed by atoms with Crippen molar-refractivity contribution in [2.45, 2.75) is 20.3 Å². The third kappa shape index (κ3) is 7.94. The zero-order chi connectivity index (χ0) is 28.4. The molecular formula is C33H30O6. The van der Waals surface area contributed by atoms with Gasteiger partial charge < -0.3 is 19.7 Å². The maximum absolute atomic E-state index is 9.60. The largest absolute Gasteiger partial charge is 0.478 e. The van der Waals surface area contributed by atoms with Crippen LogP contribution in [-0.2, 0) is 16.0 Å². The number of hydrogen-bond acceptors (Lipinski definition) is 4. The summed E-state index contributed by atoms with van der Waals surface area (Å²) >= 11 is 0. The topological polar surface area (TPSA) is 93.1 Å². The lowest BCUT2D eigenvalue weighted by atomic mass is 10.0. The highest BCUT2D eigenvalue weighted by Crippen LogP contribution is 2.47. The molecule has 0 unspecified atom stereocenters. The lowest BCUT2D eigenvalue weighted by Crippen LogP contribution is -1.95. The van der Waals surface area contributed by atoms with Crippen molar-refractivity contribution in [1.82, 2.24) is 0 Å². The van der Waals surface area contributed by atoms with Crippen LogP contribution in [0.15, 0.2) is 121 Å². The van der Waals surface area contributed by atoms with E-state index in [0.717, 1.165) is 29.4 Å². The van der Waals surface area contributed by atoms with E-state index in [-0.39, 0.29) is 11.1 Å². The Hall–Kier alpha value is -5.10. The average molecular weight is 523 g/mol. The van der Waals surface area contributed by atoms with Crippen LogP contribution >= 0.6 is 0 Å². The van der Waals surface area contributed by atoms with Gasteiger partial charge in [-0.25, -0.2) is 9.59 Å². The van der Waals surface area contributed by atoms with Gasteiger partial charge in [0.1, 0.15) is 11.5 Å². The Bertz CT molecular complexity index is 1430. The standard InChI is InChI=1S/C25H18O2.2C4H6O2/c1-3-10-19(11-4-1)26-24-16-15-22-21-14-8-7-9-18(21)17-23(22)25(24)27-20-12-5-2-6-13-20;2*1-3(2)4(5)6/h1-16H,17H2;2*1H2,2H3,(H,5,6). The lowest BCUT2D eigenvalue weighted by Gasteiger charge is -2.16. The fourth-order valence-electron chi connectivity index (χ4n) is 3.58. The summed E-state index contributed by atoms with van der Waals surface area (Å²) < 4.78 is 12.5. The van der Waals surface area contributed by atoms with Crippen molar-refractivity contribution in [3.8, 4) is 34.1 Å². The number of carboxylic acids is 2. The van der Waals surface area contributed by atoms with E-state index in [1.54, 1.807) is 0 Å². The van der Waals surface area contributed by atoms with Crippen LogP contribution in [0.3, 0.4) is 0 Å². The smallest absolute Gasteiger partial charge is 0.330 e. The molecule has 0 saturated heterocycles. The van der Waals surface area contributed by atoms with E-state index < -0.39 is 11.9 Å². The van der Waals surface area contributed by atoms with Crippen LogP contribution in [0.2, 0.25) is 0 Å². The number of fused-ring (bicyclic) bond motifs is 3. The summed E-state index contributed by atoms with van der Waals surface area (Å²) in [6.45, 7) is 9.20. The molecule has 0 atom stereocenters. The van der Waals surface area contributed by atoms with Gasteiger partial charge in [-0.3, -0.25) is 0 Å². The summed E-state index contributed by atoms with van der Waals surface area (Å²) in [6.07, 6.45) is 0.847. The van der Waals surface area contributed by atoms with Crippen LogP contribution in [0.4, 0.5) is 0 Å². The zero-order valence-corrected chi connectivity index (χ0v) is 21.9. The molecule has 0 aromatic heterocycles. The van der Waals surface area contributed by atoms with E-state index in [0.29, 0.717) is 0 Å². The molecule has 0 aliphatic heterocycles. The van der Waals surface area contributed by atoms with Crippen molar-refractivity contribution >= 4 is 11.9 Å². The Labute approximate surface area is 228 Å². The molecular weight excluding hydrogens is 492 g/mol. The molecule has 0 bridgehead atoms. The third-order valence-electron chi connectivity index (χ3n) is 5.56. The van der Waals surface area contributed by atoms with Gasteiger partial charge in [-0.15, -0.1) is 0 Å². The summed E-state index contributed by atoms with van der Waals surface area (Å²) in [6, 6.07) is 32.4. The second-order valence-electron chi connectivity index (χ2n) is 8.75. The van der Waals surface area contributed by atoms with Crippen LogP contribution in [0.25, 0.3) is 11.1 Å². The quantitative estimate of drug-likeness (QED) is 0.219. The van der Waals surface area contributed by atoms with Gasteiger partial charge in [-0.2, -0.15) is 0 Å². The Morgan fingerprint density at radius 1 is 0.641 bits per heavy atom. The minimum atomic E-state index is -0.935. The molecule has 6 nitrogen and oxygen atoms in total. The SMILES string of the molecule is C=C(C)C(=O)O.C=C(C)C(=O)O.c1ccc(Oc2ccc3c(c2Oc2ccccc2)Cc2ccccc2-3)cc1. The fourth-order valence-corrected chi connectivity index (χ4v) is 3.58. The highest BCUT2D eigenvalue weighted by Gasteiger charge is 2.25. The van der Waals surface area contributed by atoms with Crippen molar-refractivity contribution in [3.63, 3.8) is 0 Å². The first-order valence-electron chi connectivity index (χ1n) is 12.1. The Morgan fingerprint density at radius 2 is 1.10 bits per heavy atom. The fraction of sp³-hybridized carbons (Fsp3) is 0.0909. The van der Waals surface area contributed by atoms with Gasteiger partial charge >= 0.3 is 11.9 Å². The molecule has 0 heterocycles. The normalized spacial score (nSPS) is 10.3. The van der Waals surface area contributed by atoms with Crippen molar-refractivity contribution in [2.24, 2.45) is 0 Å². The predicted octanol–water partition coefficient (Wildman–Crippen LogP) is 8.14. The molecule has 39 heavy (non-hydrogen) atoms. The number of carboxylic acid groups (broad SMARTS) is 2. The number of carbonyl (C=O) groups is 2. The Kier molecular flexibility index (Phi) is 9.82. The second kappa shape index (κ2) is 13.4. The van der Waals surface area contributed by atoms with Crippen molar-refractivity contribution < 1.29 is 29.3 Å². The molecule has 198 valence electrons. The first-order valence-corrected chi connectivity index (χ1v) is 12.1. The van der Waals surface area contributed by atoms with Gasteiger partial charge in [-0.05, 0) is 60.9 Å². The molecule has 0 radical (unpaired) electrons. The van der Waals surface area contributed by atoms with E-state index in [2.05, 4.69) is 43.5 Å². The van der Waals surface area contributed by atoms with Crippen LogP contribution in [0.5, 0.6) is 23.0 Å². The number of benzene rings is 4. The molecule has 0 spiro atoms. The monoisotopic (exact) mass is 522 g/mol. The van der Waals surface area contributed by atoms with Gasteiger partial charge in [0.25, 0.3) is 0 Å². The van der Waals surface area contributed by atoms with E-state index in [4.69, 9.17) is 19.7 Å². The average Bonchev–Trinajstić information content (AvgIpc) is 3.31. The second-order valence-corrected chi connectivity index (χ2v) is 8.75. The summed E-state index contributed by atoms with van der Waals surface area (Å²) in [7, 11) is 0. The molecule has 6 heteroatoms. The molecule has 1 aliphatic carbocycles. The van der Waals surface area contributed by atoms with E-state index >= 15 is 0 Å². The summed E-state index contributed by atoms with van der Waals surface area (Å²) in [5.74, 6) is 1.26. The predicted molar refractivity (Wildman–Crippen MR) is 153 cm³/mol. The van der Waals surface area contributed by atoms with E-state index in [1.807, 2.05) is 66.7 Å². The van der Waals surface area contributed by atoms with E-state index in [1.165, 1.54) is 36.1 Å². The van der Waals surface area contributed by atoms with Gasteiger partial charge in [0.2, 0.25) is 0 Å². The molecule has 5 rings (SSSR count). The van der Waals surface area contributed by atoms with Gasteiger partial charge in [0.05, 0.1) is 0 Å². The number of aliphatic carboxylic acids is 2. The van der Waals surface area contributed by atoms with Gasteiger partial charge in [-0.1, -0.05) is 79.9 Å². The Balaban J connectivity index is 0.000000296. The molecule has 0 saturated carbocycles. The first-order chi connectivity index (χ1) is 18.7. The number of ether oxygens (including phenoxy) is 2. The van der Waals surface area contributed by atoms with Crippen LogP contribution < -0.4 is 9.47 Å². The summed E-state index contributed by atoms with van der Waals surface area (Å²) in [5, 5.41) is 15.8. The van der Waals surface area contributed by atoms with Crippen LogP contribution in [-0.4, -0.2) is 22.2 Å². The number of rotatable bonds is 6. The number of para-hydroxylation sites is 2. The highest BCUT2D eigenvalue weighted by atomic mass is 16.5. The van der Waals surface area contributed by atoms with E-state index in [9.17, 15) is 9.59 Å². The lowest BCUT2D eigenvalue weighted by molar-refractivity contribution is -0.133. The van der Waals surface area contributed by atoms with Crippen molar-refractivity contribution in [3.05, 3.63) is 132 Å². The van der Waals surface area contributed by atoms with Crippen LogP contribution in [0.1, 0.15) is 25.0 Å². The summed E-state index contributed by atoms with van der Waals surface area (Å²) in [5.41, 5.74) is 5.34. The van der Waals surface area contributed by atoms with Crippen LogP contribution in [0, 0.1) is 0 Å². The number of hydrogen-bond donors (Lipinski definition) is 2. The Morgan fingerprint density at radius 3 is 1.62 bits per heavy atom. The molecule has 4 aromatic carbocycles. The first kappa shape index (κ1) is 28.5. The maximum atomic E-state index is 9.60. The van der Waals surface area contributed by atoms with Gasteiger partial charge in [0, 0.05) is 23.1 Å². The molecule has 1 aliphatic rings. The minimum Gasteiger partial charge on any atom is -0.478 e. The third-order valence-corrected chi connectivity index (χ3v) is 5.56. The minimum absolute atomic E-state index is 0.176. The van der Waals surface area contributed by atoms with Crippen molar-refractivity contribution in [1.29, 1.82) is 0 Å². The molecule has 2 N–H and O–H groups in total. The molecule has 4 aromatic rings. The van der Waals surface area contributed by atoms with Crippen molar-refractivity contribution in [2.75, 3.05) is 0 Å². The summed E-state index contributed by atoms with van der Waals surface area (Å²) in [4.78, 5) is 19.2. The molecule has 0 fully saturated rings.